The van der Waals surface area contributed by atoms with Gasteiger partial charge in [0.1, 0.15) is 0 Å². The van der Waals surface area contributed by atoms with Crippen molar-refractivity contribution in [2.24, 2.45) is 5.73 Å². The summed E-state index contributed by atoms with van der Waals surface area (Å²) in [4.78, 5) is 0. The van der Waals surface area contributed by atoms with Gasteiger partial charge < -0.3 is 10.5 Å². The summed E-state index contributed by atoms with van der Waals surface area (Å²) in [6.45, 7) is 3.62. The fourth-order valence-corrected chi connectivity index (χ4v) is 1.47. The second kappa shape index (κ2) is 7.43. The molecule has 1 aromatic rings. The van der Waals surface area contributed by atoms with E-state index in [2.05, 4.69) is 19.1 Å². The maximum atomic E-state index is 5.73. The van der Waals surface area contributed by atoms with Gasteiger partial charge in [-0.3, -0.25) is 0 Å². The lowest BCUT2D eigenvalue weighted by Crippen LogP contribution is -2.09. The third-order valence-electron chi connectivity index (χ3n) is 2.44. The SMILES string of the molecule is CC(CCCCN)OCc1ccccc1. The average Bonchev–Trinajstić information content (AvgIpc) is 2.28. The summed E-state index contributed by atoms with van der Waals surface area (Å²) in [6, 6.07) is 10.3. The molecule has 2 nitrogen and oxygen atoms in total. The maximum absolute atomic E-state index is 5.73. The van der Waals surface area contributed by atoms with Crippen molar-refractivity contribution >= 4 is 0 Å². The summed E-state index contributed by atoms with van der Waals surface area (Å²) < 4.78 is 5.73. The zero-order chi connectivity index (χ0) is 10.9. The number of hydrogen-bond acceptors (Lipinski definition) is 2. The Morgan fingerprint density at radius 1 is 1.20 bits per heavy atom. The minimum absolute atomic E-state index is 0.330. The van der Waals surface area contributed by atoms with Gasteiger partial charge in [-0.1, -0.05) is 30.3 Å². The Balaban J connectivity index is 2.14. The Kier molecular flexibility index (Phi) is 6.05. The first-order valence-corrected chi connectivity index (χ1v) is 5.68. The van der Waals surface area contributed by atoms with Crippen LogP contribution in [0.4, 0.5) is 0 Å². The Morgan fingerprint density at radius 3 is 2.60 bits per heavy atom. The van der Waals surface area contributed by atoms with Gasteiger partial charge in [0.2, 0.25) is 0 Å². The molecule has 0 saturated carbocycles. The highest BCUT2D eigenvalue weighted by molar-refractivity contribution is 5.13. The lowest BCUT2D eigenvalue weighted by molar-refractivity contribution is 0.0461. The highest BCUT2D eigenvalue weighted by Crippen LogP contribution is 2.08. The lowest BCUT2D eigenvalue weighted by Gasteiger charge is -2.12. The van der Waals surface area contributed by atoms with Gasteiger partial charge in [-0.05, 0) is 38.3 Å². The van der Waals surface area contributed by atoms with Crippen LogP contribution in [0.5, 0.6) is 0 Å². The molecule has 0 saturated heterocycles. The Hall–Kier alpha value is -0.860. The van der Waals surface area contributed by atoms with Crippen molar-refractivity contribution in [2.75, 3.05) is 6.54 Å². The molecule has 84 valence electrons. The van der Waals surface area contributed by atoms with E-state index in [9.17, 15) is 0 Å². The van der Waals surface area contributed by atoms with Crippen LogP contribution in [0.3, 0.4) is 0 Å². The highest BCUT2D eigenvalue weighted by Gasteiger charge is 2.01. The molecule has 0 fully saturated rings. The van der Waals surface area contributed by atoms with Crippen LogP contribution < -0.4 is 5.73 Å². The van der Waals surface area contributed by atoms with Crippen molar-refractivity contribution in [1.82, 2.24) is 0 Å². The topological polar surface area (TPSA) is 35.2 Å². The number of rotatable bonds is 7. The predicted octanol–water partition coefficient (Wildman–Crippen LogP) is 2.72. The summed E-state index contributed by atoms with van der Waals surface area (Å²) in [5.41, 5.74) is 6.68. The van der Waals surface area contributed by atoms with Gasteiger partial charge in [-0.25, -0.2) is 0 Å². The molecule has 1 atom stereocenters. The summed E-state index contributed by atoms with van der Waals surface area (Å²) in [6.07, 6.45) is 3.69. The molecule has 0 bridgehead atoms. The molecule has 0 radical (unpaired) electrons. The molecule has 2 N–H and O–H groups in total. The van der Waals surface area contributed by atoms with Crippen LogP contribution in [0, 0.1) is 0 Å². The van der Waals surface area contributed by atoms with Crippen molar-refractivity contribution < 1.29 is 4.74 Å². The van der Waals surface area contributed by atoms with E-state index in [4.69, 9.17) is 10.5 Å². The molecule has 0 aromatic heterocycles. The fraction of sp³-hybridized carbons (Fsp3) is 0.538. The van der Waals surface area contributed by atoms with E-state index in [1.54, 1.807) is 0 Å². The van der Waals surface area contributed by atoms with E-state index in [1.165, 1.54) is 5.56 Å². The normalized spacial score (nSPS) is 12.7. The highest BCUT2D eigenvalue weighted by atomic mass is 16.5. The van der Waals surface area contributed by atoms with Crippen molar-refractivity contribution in [1.29, 1.82) is 0 Å². The van der Waals surface area contributed by atoms with E-state index in [0.717, 1.165) is 25.8 Å². The van der Waals surface area contributed by atoms with Crippen LogP contribution in [-0.4, -0.2) is 12.6 Å². The molecule has 2 heteroatoms. The van der Waals surface area contributed by atoms with E-state index >= 15 is 0 Å². The summed E-state index contributed by atoms with van der Waals surface area (Å²) >= 11 is 0. The van der Waals surface area contributed by atoms with Gasteiger partial charge in [0.05, 0.1) is 12.7 Å². The van der Waals surface area contributed by atoms with Crippen molar-refractivity contribution in [3.63, 3.8) is 0 Å². The minimum atomic E-state index is 0.330. The average molecular weight is 207 g/mol. The van der Waals surface area contributed by atoms with E-state index in [-0.39, 0.29) is 0 Å². The summed E-state index contributed by atoms with van der Waals surface area (Å²) in [5.74, 6) is 0. The third-order valence-corrected chi connectivity index (χ3v) is 2.44. The first kappa shape index (κ1) is 12.2. The van der Waals surface area contributed by atoms with Crippen LogP contribution in [0.2, 0.25) is 0 Å². The van der Waals surface area contributed by atoms with Gasteiger partial charge in [0, 0.05) is 0 Å². The first-order chi connectivity index (χ1) is 7.33. The van der Waals surface area contributed by atoms with E-state index < -0.39 is 0 Å². The van der Waals surface area contributed by atoms with Crippen LogP contribution in [0.1, 0.15) is 31.7 Å². The fourth-order valence-electron chi connectivity index (χ4n) is 1.47. The molecule has 15 heavy (non-hydrogen) atoms. The van der Waals surface area contributed by atoms with Crippen molar-refractivity contribution in [3.05, 3.63) is 35.9 Å². The third kappa shape index (κ3) is 5.55. The monoisotopic (exact) mass is 207 g/mol. The second-order valence-electron chi connectivity index (χ2n) is 3.89. The Labute approximate surface area is 92.4 Å². The number of nitrogens with two attached hydrogens (primary N) is 1. The molecular formula is C13H21NO. The van der Waals surface area contributed by atoms with Gasteiger partial charge in [0.25, 0.3) is 0 Å². The largest absolute Gasteiger partial charge is 0.374 e. The van der Waals surface area contributed by atoms with Crippen LogP contribution in [0.25, 0.3) is 0 Å². The molecule has 1 aromatic carbocycles. The van der Waals surface area contributed by atoms with Crippen LogP contribution >= 0.6 is 0 Å². The van der Waals surface area contributed by atoms with Crippen molar-refractivity contribution in [3.8, 4) is 0 Å². The molecule has 0 heterocycles. The number of unbranched alkanes of at least 4 members (excludes halogenated alkanes) is 1. The molecule has 1 unspecified atom stereocenters. The van der Waals surface area contributed by atoms with Gasteiger partial charge in [-0.2, -0.15) is 0 Å². The predicted molar refractivity (Wildman–Crippen MR) is 63.6 cm³/mol. The van der Waals surface area contributed by atoms with Crippen LogP contribution in [0.15, 0.2) is 30.3 Å². The zero-order valence-electron chi connectivity index (χ0n) is 9.49. The van der Waals surface area contributed by atoms with Gasteiger partial charge in [-0.15, -0.1) is 0 Å². The van der Waals surface area contributed by atoms with Crippen LogP contribution in [-0.2, 0) is 11.3 Å². The molecular weight excluding hydrogens is 186 g/mol. The molecule has 0 aliphatic carbocycles. The Bertz CT molecular complexity index is 248. The maximum Gasteiger partial charge on any atom is 0.0720 e. The van der Waals surface area contributed by atoms with Crippen molar-refractivity contribution in [2.45, 2.75) is 38.9 Å². The number of hydrogen-bond donors (Lipinski definition) is 1. The lowest BCUT2D eigenvalue weighted by atomic mass is 10.1. The molecule has 0 aliphatic heterocycles. The second-order valence-corrected chi connectivity index (χ2v) is 3.89. The minimum Gasteiger partial charge on any atom is -0.374 e. The van der Waals surface area contributed by atoms with E-state index in [0.29, 0.717) is 12.7 Å². The zero-order valence-corrected chi connectivity index (χ0v) is 9.49. The van der Waals surface area contributed by atoms with Gasteiger partial charge >= 0.3 is 0 Å². The Morgan fingerprint density at radius 2 is 1.93 bits per heavy atom. The molecule has 0 aliphatic rings. The molecule has 1 rings (SSSR count). The number of benzene rings is 1. The smallest absolute Gasteiger partial charge is 0.0720 e. The standard InChI is InChI=1S/C13H21NO/c1-12(7-5-6-10-14)15-11-13-8-3-2-4-9-13/h2-4,8-9,12H,5-7,10-11,14H2,1H3. The summed E-state index contributed by atoms with van der Waals surface area (Å²) in [7, 11) is 0. The quantitative estimate of drug-likeness (QED) is 0.698. The van der Waals surface area contributed by atoms with E-state index in [1.807, 2.05) is 18.2 Å². The molecule has 0 amide bonds. The number of ether oxygens (including phenoxy) is 1. The molecule has 0 spiro atoms. The summed E-state index contributed by atoms with van der Waals surface area (Å²) in [5, 5.41) is 0. The first-order valence-electron chi connectivity index (χ1n) is 5.68. The van der Waals surface area contributed by atoms with Gasteiger partial charge in [0.15, 0.2) is 0 Å².